The number of furan rings is 1. The van der Waals surface area contributed by atoms with Crippen LogP contribution in [-0.4, -0.2) is 28.2 Å². The molecule has 8 nitrogen and oxygen atoms in total. The van der Waals surface area contributed by atoms with Gasteiger partial charge >= 0.3 is 0 Å². The summed E-state index contributed by atoms with van der Waals surface area (Å²) in [7, 11) is 0. The van der Waals surface area contributed by atoms with E-state index in [2.05, 4.69) is 33.0 Å². The van der Waals surface area contributed by atoms with E-state index in [1.54, 1.807) is 12.1 Å². The second-order valence-corrected chi connectivity index (χ2v) is 6.41. The van der Waals surface area contributed by atoms with Gasteiger partial charge in [-0.05, 0) is 18.6 Å². The van der Waals surface area contributed by atoms with Gasteiger partial charge in [0.05, 0.1) is 18.9 Å². The van der Waals surface area contributed by atoms with Gasteiger partial charge in [0.2, 0.25) is 16.9 Å². The third-order valence-corrected chi connectivity index (χ3v) is 4.05. The average molecular weight is 363 g/mol. The summed E-state index contributed by atoms with van der Waals surface area (Å²) in [5.74, 6) is 0.142. The first kappa shape index (κ1) is 18.8. The van der Waals surface area contributed by atoms with Crippen molar-refractivity contribution >= 4 is 34.5 Å². The molecular weight excluding hydrogens is 342 g/mol. The monoisotopic (exact) mass is 363 g/mol. The van der Waals surface area contributed by atoms with E-state index >= 15 is 0 Å². The number of rotatable bonds is 10. The number of aromatic nitrogens is 2. The van der Waals surface area contributed by atoms with E-state index in [1.165, 1.54) is 23.8 Å². The van der Waals surface area contributed by atoms with Crippen molar-refractivity contribution in [1.29, 1.82) is 0 Å². The summed E-state index contributed by atoms with van der Waals surface area (Å²) >= 11 is 1.18. The van der Waals surface area contributed by atoms with Crippen LogP contribution < -0.4 is 10.7 Å². The molecule has 0 atom stereocenters. The van der Waals surface area contributed by atoms with Gasteiger partial charge in [-0.3, -0.25) is 9.59 Å². The van der Waals surface area contributed by atoms with Crippen molar-refractivity contribution in [1.82, 2.24) is 15.6 Å². The fourth-order valence-corrected chi connectivity index (χ4v) is 2.73. The maximum atomic E-state index is 11.8. The number of anilines is 1. The zero-order chi connectivity index (χ0) is 17.9. The van der Waals surface area contributed by atoms with Crippen LogP contribution in [0.3, 0.4) is 0 Å². The molecule has 0 saturated carbocycles. The number of hydrogen-bond donors (Lipinski definition) is 2. The molecular formula is C16H21N5O3S. The van der Waals surface area contributed by atoms with Gasteiger partial charge in [-0.25, -0.2) is 5.43 Å². The molecule has 0 aromatic carbocycles. The minimum absolute atomic E-state index is 0.0412. The highest BCUT2D eigenvalue weighted by atomic mass is 32.1. The molecule has 2 heterocycles. The Morgan fingerprint density at radius 3 is 2.92 bits per heavy atom. The van der Waals surface area contributed by atoms with Crippen molar-refractivity contribution in [3.63, 3.8) is 0 Å². The molecule has 134 valence electrons. The van der Waals surface area contributed by atoms with Crippen LogP contribution in [-0.2, 0) is 16.0 Å². The van der Waals surface area contributed by atoms with Gasteiger partial charge in [0, 0.05) is 6.42 Å². The summed E-state index contributed by atoms with van der Waals surface area (Å²) < 4.78 is 5.05. The third-order valence-electron chi connectivity index (χ3n) is 3.21. The minimum atomic E-state index is -0.323. The third kappa shape index (κ3) is 7.25. The van der Waals surface area contributed by atoms with Gasteiger partial charge in [-0.2, -0.15) is 5.10 Å². The van der Waals surface area contributed by atoms with Crippen molar-refractivity contribution in [2.75, 3.05) is 5.32 Å². The molecule has 9 heteroatoms. The molecule has 0 bridgehead atoms. The molecule has 0 aliphatic rings. The SMILES string of the molecule is CCCCCCC(=O)Nc1nnc(CC(=O)N/N=C\c2ccco2)s1. The zero-order valence-corrected chi connectivity index (χ0v) is 14.8. The maximum Gasteiger partial charge on any atom is 0.247 e. The van der Waals surface area contributed by atoms with Crippen LogP contribution in [0.25, 0.3) is 0 Å². The Hall–Kier alpha value is -2.55. The van der Waals surface area contributed by atoms with E-state index in [0.717, 1.165) is 25.7 Å². The van der Waals surface area contributed by atoms with Gasteiger partial charge < -0.3 is 9.73 Å². The van der Waals surface area contributed by atoms with E-state index in [1.807, 2.05) is 0 Å². The van der Waals surface area contributed by atoms with Crippen LogP contribution in [0.1, 0.15) is 49.8 Å². The lowest BCUT2D eigenvalue weighted by Crippen LogP contribution is -2.19. The number of carbonyl (C=O) groups excluding carboxylic acids is 2. The molecule has 2 aromatic rings. The molecule has 0 saturated heterocycles. The van der Waals surface area contributed by atoms with E-state index in [9.17, 15) is 9.59 Å². The number of hydrogen-bond acceptors (Lipinski definition) is 7. The summed E-state index contributed by atoms with van der Waals surface area (Å²) in [6, 6.07) is 3.45. The Balaban J connectivity index is 1.71. The van der Waals surface area contributed by atoms with Crippen LogP contribution in [0.15, 0.2) is 27.9 Å². The molecule has 2 amide bonds. The quantitative estimate of drug-likeness (QED) is 0.383. The highest BCUT2D eigenvalue weighted by Crippen LogP contribution is 2.16. The predicted molar refractivity (Wildman–Crippen MR) is 95.4 cm³/mol. The summed E-state index contributed by atoms with van der Waals surface area (Å²) in [4.78, 5) is 23.6. The highest BCUT2D eigenvalue weighted by molar-refractivity contribution is 7.15. The van der Waals surface area contributed by atoms with Gasteiger partial charge in [-0.1, -0.05) is 37.5 Å². The Bertz CT molecular complexity index is 696. The van der Waals surface area contributed by atoms with Crippen molar-refractivity contribution in [2.24, 2.45) is 5.10 Å². The van der Waals surface area contributed by atoms with Crippen molar-refractivity contribution in [2.45, 2.75) is 45.4 Å². The first-order chi connectivity index (χ1) is 12.2. The molecule has 2 N–H and O–H groups in total. The lowest BCUT2D eigenvalue weighted by atomic mass is 10.1. The Morgan fingerprint density at radius 2 is 2.16 bits per heavy atom. The van der Waals surface area contributed by atoms with E-state index in [0.29, 0.717) is 22.3 Å². The molecule has 2 rings (SSSR count). The predicted octanol–water partition coefficient (Wildman–Crippen LogP) is 2.73. The van der Waals surface area contributed by atoms with Crippen LogP contribution in [0, 0.1) is 0 Å². The maximum absolute atomic E-state index is 11.8. The van der Waals surface area contributed by atoms with Crippen LogP contribution >= 0.6 is 11.3 Å². The number of hydrazone groups is 1. The molecule has 0 unspecified atom stereocenters. The fraction of sp³-hybridized carbons (Fsp3) is 0.438. The van der Waals surface area contributed by atoms with Crippen LogP contribution in [0.4, 0.5) is 5.13 Å². The molecule has 0 radical (unpaired) electrons. The smallest absolute Gasteiger partial charge is 0.247 e. The lowest BCUT2D eigenvalue weighted by molar-refractivity contribution is -0.120. The fourth-order valence-electron chi connectivity index (χ4n) is 1.98. The second-order valence-electron chi connectivity index (χ2n) is 5.35. The van der Waals surface area contributed by atoms with Crippen molar-refractivity contribution in [3.05, 3.63) is 29.2 Å². The molecule has 0 aliphatic heterocycles. The van der Waals surface area contributed by atoms with E-state index < -0.39 is 0 Å². The van der Waals surface area contributed by atoms with E-state index in [-0.39, 0.29) is 18.2 Å². The molecule has 2 aromatic heterocycles. The van der Waals surface area contributed by atoms with Crippen LogP contribution in [0.2, 0.25) is 0 Å². The summed E-state index contributed by atoms with van der Waals surface area (Å²) in [5, 5.41) is 15.2. The lowest BCUT2D eigenvalue weighted by Gasteiger charge is -2.00. The number of nitrogens with one attached hydrogen (secondary N) is 2. The summed E-state index contributed by atoms with van der Waals surface area (Å²) in [6.45, 7) is 2.13. The van der Waals surface area contributed by atoms with Crippen molar-refractivity contribution < 1.29 is 14.0 Å². The first-order valence-electron chi connectivity index (χ1n) is 8.15. The Labute approximate surface area is 149 Å². The average Bonchev–Trinajstić information content (AvgIpc) is 3.24. The summed E-state index contributed by atoms with van der Waals surface area (Å²) in [5.41, 5.74) is 2.38. The second kappa shape index (κ2) is 10.3. The molecule has 0 fully saturated rings. The molecule has 0 spiro atoms. The highest BCUT2D eigenvalue weighted by Gasteiger charge is 2.11. The summed E-state index contributed by atoms with van der Waals surface area (Å²) in [6.07, 6.45) is 7.61. The van der Waals surface area contributed by atoms with Crippen LogP contribution in [0.5, 0.6) is 0 Å². The molecule has 0 aliphatic carbocycles. The zero-order valence-electron chi connectivity index (χ0n) is 14.0. The first-order valence-corrected chi connectivity index (χ1v) is 8.96. The van der Waals surface area contributed by atoms with Gasteiger partial charge in [0.1, 0.15) is 10.8 Å². The van der Waals surface area contributed by atoms with Gasteiger partial charge in [0.15, 0.2) is 0 Å². The topological polar surface area (TPSA) is 109 Å². The number of amides is 2. The van der Waals surface area contributed by atoms with Gasteiger partial charge in [0.25, 0.3) is 0 Å². The van der Waals surface area contributed by atoms with Gasteiger partial charge in [-0.15, -0.1) is 10.2 Å². The largest absolute Gasteiger partial charge is 0.463 e. The Kier molecular flexibility index (Phi) is 7.77. The number of unbranched alkanes of at least 4 members (excludes halogenated alkanes) is 3. The van der Waals surface area contributed by atoms with Crippen molar-refractivity contribution in [3.8, 4) is 0 Å². The number of nitrogens with zero attached hydrogens (tertiary/aromatic N) is 3. The normalized spacial score (nSPS) is 10.9. The Morgan fingerprint density at radius 1 is 1.28 bits per heavy atom. The standard InChI is InChI=1S/C16H21N5O3S/c1-2-3-4-5-8-13(22)18-16-21-20-15(25-16)10-14(23)19-17-11-12-7-6-9-24-12/h6-7,9,11H,2-5,8,10H2,1H3,(H,19,23)(H,18,21,22)/b17-11-. The van der Waals surface area contributed by atoms with E-state index in [4.69, 9.17) is 4.42 Å². The minimum Gasteiger partial charge on any atom is -0.463 e. The number of carbonyl (C=O) groups is 2. The molecule has 25 heavy (non-hydrogen) atoms.